The van der Waals surface area contributed by atoms with Gasteiger partial charge in [-0.2, -0.15) is 0 Å². The molecule has 1 aromatic rings. The highest BCUT2D eigenvalue weighted by atomic mass is 79.9. The third-order valence-corrected chi connectivity index (χ3v) is 6.60. The van der Waals surface area contributed by atoms with Crippen LogP contribution in [-0.2, 0) is 4.79 Å². The van der Waals surface area contributed by atoms with Crippen LogP contribution in [0.2, 0.25) is 0 Å². The number of hydrogen-bond acceptors (Lipinski definition) is 3. The Balaban J connectivity index is 1.93. The summed E-state index contributed by atoms with van der Waals surface area (Å²) in [6, 6.07) is 1.84. The lowest BCUT2D eigenvalue weighted by atomic mass is 9.96. The van der Waals surface area contributed by atoms with Gasteiger partial charge in [-0.3, -0.25) is 9.59 Å². The van der Waals surface area contributed by atoms with E-state index in [1.807, 2.05) is 17.9 Å². The predicted octanol–water partition coefficient (Wildman–Crippen LogP) is 3.26. The normalized spacial score (nSPS) is 16.2. The minimum atomic E-state index is 0.0424. The minimum absolute atomic E-state index is 0.0424. The largest absolute Gasteiger partial charge is 0.356 e. The molecule has 1 fully saturated rings. The smallest absolute Gasteiger partial charge is 0.264 e. The van der Waals surface area contributed by atoms with Crippen LogP contribution < -0.4 is 5.32 Å². The second-order valence-electron chi connectivity index (χ2n) is 4.69. The monoisotopic (exact) mass is 422 g/mol. The van der Waals surface area contributed by atoms with Crippen LogP contribution in [0.5, 0.6) is 0 Å². The molecule has 2 rings (SSSR count). The molecule has 0 aromatic carbocycles. The molecule has 1 N–H and O–H groups in total. The average molecular weight is 424 g/mol. The van der Waals surface area contributed by atoms with E-state index in [0.717, 1.165) is 26.0 Å². The molecule has 2 amide bonds. The second kappa shape index (κ2) is 7.04. The van der Waals surface area contributed by atoms with Gasteiger partial charge in [0.1, 0.15) is 0 Å². The molecule has 1 aromatic heterocycles. The first-order valence-corrected chi connectivity index (χ1v) is 8.95. The number of halogens is 2. The number of carbonyl (C=O) groups is 2. The molecule has 20 heavy (non-hydrogen) atoms. The maximum Gasteiger partial charge on any atom is 0.264 e. The molecule has 1 aliphatic heterocycles. The Morgan fingerprint density at radius 3 is 2.55 bits per heavy atom. The Kier molecular flexibility index (Phi) is 5.63. The molecule has 0 aliphatic carbocycles. The number of thiophene rings is 1. The van der Waals surface area contributed by atoms with Gasteiger partial charge >= 0.3 is 0 Å². The molecular weight excluding hydrogens is 408 g/mol. The maximum atomic E-state index is 12.4. The van der Waals surface area contributed by atoms with Crippen LogP contribution in [0.15, 0.2) is 14.3 Å². The van der Waals surface area contributed by atoms with E-state index in [-0.39, 0.29) is 17.7 Å². The molecule has 110 valence electrons. The van der Waals surface area contributed by atoms with Crippen molar-refractivity contribution in [3.63, 3.8) is 0 Å². The highest BCUT2D eigenvalue weighted by Gasteiger charge is 2.28. The SMILES string of the molecule is CCNC(=O)C1CCN(C(=O)c2cc(Br)c(Br)s2)CC1. The van der Waals surface area contributed by atoms with Crippen LogP contribution in [0.3, 0.4) is 0 Å². The third kappa shape index (κ3) is 3.62. The summed E-state index contributed by atoms with van der Waals surface area (Å²) in [5, 5.41) is 2.85. The number of rotatable bonds is 3. The van der Waals surface area contributed by atoms with Gasteiger partial charge in [0.2, 0.25) is 5.91 Å². The maximum absolute atomic E-state index is 12.4. The molecule has 1 saturated heterocycles. The lowest BCUT2D eigenvalue weighted by Gasteiger charge is -2.31. The lowest BCUT2D eigenvalue weighted by molar-refractivity contribution is -0.126. The van der Waals surface area contributed by atoms with E-state index < -0.39 is 0 Å². The fourth-order valence-electron chi connectivity index (χ4n) is 2.27. The average Bonchev–Trinajstić information content (AvgIpc) is 2.78. The van der Waals surface area contributed by atoms with Gasteiger partial charge in [0.15, 0.2) is 0 Å². The van der Waals surface area contributed by atoms with Gasteiger partial charge in [0, 0.05) is 30.0 Å². The van der Waals surface area contributed by atoms with Crippen molar-refractivity contribution in [1.29, 1.82) is 0 Å². The van der Waals surface area contributed by atoms with Crippen molar-refractivity contribution in [1.82, 2.24) is 10.2 Å². The Labute approximate surface area is 139 Å². The Hall–Kier alpha value is -0.400. The summed E-state index contributed by atoms with van der Waals surface area (Å²) >= 11 is 8.23. The van der Waals surface area contributed by atoms with Crippen LogP contribution in [-0.4, -0.2) is 36.3 Å². The number of carbonyl (C=O) groups excluding carboxylic acids is 2. The summed E-state index contributed by atoms with van der Waals surface area (Å²) in [5.41, 5.74) is 0. The van der Waals surface area contributed by atoms with Gasteiger partial charge < -0.3 is 10.2 Å². The van der Waals surface area contributed by atoms with E-state index in [1.165, 1.54) is 11.3 Å². The first kappa shape index (κ1) is 16.0. The van der Waals surface area contributed by atoms with Crippen molar-refractivity contribution in [3.05, 3.63) is 19.2 Å². The molecule has 7 heteroatoms. The van der Waals surface area contributed by atoms with E-state index in [1.54, 1.807) is 0 Å². The summed E-state index contributed by atoms with van der Waals surface area (Å²) in [7, 11) is 0. The number of amides is 2. The minimum Gasteiger partial charge on any atom is -0.356 e. The second-order valence-corrected chi connectivity index (χ2v) is 7.92. The topological polar surface area (TPSA) is 49.4 Å². The Morgan fingerprint density at radius 2 is 2.05 bits per heavy atom. The van der Waals surface area contributed by atoms with Crippen molar-refractivity contribution in [2.24, 2.45) is 5.92 Å². The molecule has 0 radical (unpaired) electrons. The summed E-state index contributed by atoms with van der Waals surface area (Å²) in [4.78, 5) is 26.7. The number of likely N-dealkylation sites (tertiary alicyclic amines) is 1. The highest BCUT2D eigenvalue weighted by Crippen LogP contribution is 2.33. The molecule has 0 spiro atoms. The van der Waals surface area contributed by atoms with Gasteiger partial charge in [0.05, 0.1) is 8.66 Å². The Morgan fingerprint density at radius 1 is 1.40 bits per heavy atom. The molecule has 0 unspecified atom stereocenters. The number of nitrogens with zero attached hydrogens (tertiary/aromatic N) is 1. The highest BCUT2D eigenvalue weighted by molar-refractivity contribution is 9.13. The summed E-state index contributed by atoms with van der Waals surface area (Å²) in [5.74, 6) is 0.206. The van der Waals surface area contributed by atoms with Gasteiger partial charge in [-0.05, 0) is 57.7 Å². The van der Waals surface area contributed by atoms with E-state index in [4.69, 9.17) is 0 Å². The fraction of sp³-hybridized carbons (Fsp3) is 0.538. The standard InChI is InChI=1S/C13H16Br2N2O2S/c1-2-16-12(18)8-3-5-17(6-4-8)13(19)10-7-9(14)11(15)20-10/h7-8H,2-6H2,1H3,(H,16,18). The zero-order valence-electron chi connectivity index (χ0n) is 11.1. The quantitative estimate of drug-likeness (QED) is 0.810. The molecule has 1 aliphatic rings. The number of piperidine rings is 1. The van der Waals surface area contributed by atoms with Gasteiger partial charge in [-0.25, -0.2) is 0 Å². The van der Waals surface area contributed by atoms with Crippen LogP contribution >= 0.6 is 43.2 Å². The summed E-state index contributed by atoms with van der Waals surface area (Å²) in [6.07, 6.45) is 1.48. The molecular formula is C13H16Br2N2O2S. The first-order valence-electron chi connectivity index (χ1n) is 6.54. The van der Waals surface area contributed by atoms with Crippen molar-refractivity contribution < 1.29 is 9.59 Å². The van der Waals surface area contributed by atoms with E-state index in [2.05, 4.69) is 37.2 Å². The zero-order valence-corrected chi connectivity index (χ0v) is 15.1. The zero-order chi connectivity index (χ0) is 14.7. The fourth-order valence-corrected chi connectivity index (χ4v) is 4.27. The first-order chi connectivity index (χ1) is 9.52. The number of hydrogen-bond donors (Lipinski definition) is 1. The third-order valence-electron chi connectivity index (χ3n) is 3.36. The van der Waals surface area contributed by atoms with E-state index in [0.29, 0.717) is 19.6 Å². The lowest BCUT2D eigenvalue weighted by Crippen LogP contribution is -2.42. The van der Waals surface area contributed by atoms with Crippen LogP contribution in [0.1, 0.15) is 29.4 Å². The van der Waals surface area contributed by atoms with E-state index >= 15 is 0 Å². The van der Waals surface area contributed by atoms with E-state index in [9.17, 15) is 9.59 Å². The molecule has 2 heterocycles. The summed E-state index contributed by atoms with van der Waals surface area (Å²) < 4.78 is 1.83. The van der Waals surface area contributed by atoms with Crippen LogP contribution in [0.25, 0.3) is 0 Å². The van der Waals surface area contributed by atoms with Crippen molar-refractivity contribution in [3.8, 4) is 0 Å². The molecule has 0 saturated carbocycles. The number of nitrogens with one attached hydrogen (secondary N) is 1. The van der Waals surface area contributed by atoms with Crippen LogP contribution in [0, 0.1) is 5.92 Å². The molecule has 0 atom stereocenters. The molecule has 4 nitrogen and oxygen atoms in total. The molecule has 0 bridgehead atoms. The van der Waals surface area contributed by atoms with Crippen molar-refractivity contribution >= 4 is 55.0 Å². The van der Waals surface area contributed by atoms with Gasteiger partial charge in [-0.15, -0.1) is 11.3 Å². The van der Waals surface area contributed by atoms with Crippen molar-refractivity contribution in [2.45, 2.75) is 19.8 Å². The van der Waals surface area contributed by atoms with Crippen LogP contribution in [0.4, 0.5) is 0 Å². The van der Waals surface area contributed by atoms with Gasteiger partial charge in [-0.1, -0.05) is 0 Å². The Bertz CT molecular complexity index is 491. The van der Waals surface area contributed by atoms with Gasteiger partial charge in [0.25, 0.3) is 5.91 Å². The summed E-state index contributed by atoms with van der Waals surface area (Å²) in [6.45, 7) is 3.87. The predicted molar refractivity (Wildman–Crippen MR) is 87.0 cm³/mol. The van der Waals surface area contributed by atoms with Crippen molar-refractivity contribution in [2.75, 3.05) is 19.6 Å².